The molecule has 2 rings (SSSR count). The first kappa shape index (κ1) is 13.9. The topological polar surface area (TPSA) is 30.2 Å². The summed E-state index contributed by atoms with van der Waals surface area (Å²) in [7, 11) is 0. The summed E-state index contributed by atoms with van der Waals surface area (Å²) < 4.78 is 5.33. The Hall–Kier alpha value is -1.57. The van der Waals surface area contributed by atoms with Gasteiger partial charge in [-0.05, 0) is 25.0 Å². The molecule has 0 unspecified atom stereocenters. The van der Waals surface area contributed by atoms with Gasteiger partial charge in [-0.1, -0.05) is 57.2 Å². The first-order valence-corrected chi connectivity index (χ1v) is 7.33. The van der Waals surface area contributed by atoms with E-state index in [1.165, 1.54) is 32.1 Å². The van der Waals surface area contributed by atoms with Crippen LogP contribution in [0.2, 0.25) is 0 Å². The van der Waals surface area contributed by atoms with Crippen molar-refractivity contribution in [3.63, 3.8) is 0 Å². The maximum atomic E-state index is 11.8. The van der Waals surface area contributed by atoms with Crippen LogP contribution >= 0.6 is 0 Å². The van der Waals surface area contributed by atoms with E-state index in [1.54, 1.807) is 0 Å². The lowest BCUT2D eigenvalue weighted by atomic mass is 10.1. The lowest BCUT2D eigenvalue weighted by Crippen LogP contribution is -2.06. The van der Waals surface area contributed by atoms with Crippen molar-refractivity contribution in [1.29, 1.82) is 0 Å². The molecule has 0 fully saturated rings. The van der Waals surface area contributed by atoms with Crippen LogP contribution in [0.15, 0.2) is 39.5 Å². The smallest absolute Gasteiger partial charge is 0.339 e. The molecule has 0 aliphatic rings. The minimum Gasteiger partial charge on any atom is -0.423 e. The molecule has 0 aliphatic heterocycles. The molecule has 1 aromatic carbocycles. The monoisotopic (exact) mass is 258 g/mol. The van der Waals surface area contributed by atoms with Crippen LogP contribution in [0.4, 0.5) is 0 Å². The Kier molecular flexibility index (Phi) is 5.20. The van der Waals surface area contributed by atoms with Crippen molar-refractivity contribution in [2.24, 2.45) is 0 Å². The fourth-order valence-electron chi connectivity index (χ4n) is 2.37. The standard InChI is InChI=1S/C17H22O2/c1-2-3-4-5-6-7-11-15-13-14-10-8-9-12-16(14)19-17(15)18/h8-10,12-13H,2-7,11H2,1H3. The maximum Gasteiger partial charge on any atom is 0.339 e. The molecule has 2 heteroatoms. The number of hydrogen-bond donors (Lipinski definition) is 0. The molecule has 0 spiro atoms. The predicted octanol–water partition coefficient (Wildman–Crippen LogP) is 4.70. The highest BCUT2D eigenvalue weighted by molar-refractivity contribution is 5.76. The largest absolute Gasteiger partial charge is 0.423 e. The SMILES string of the molecule is CCCCCCCCc1cc2ccccc2oc1=O. The number of benzene rings is 1. The molecule has 0 bridgehead atoms. The van der Waals surface area contributed by atoms with Crippen molar-refractivity contribution in [3.05, 3.63) is 46.3 Å². The summed E-state index contributed by atoms with van der Waals surface area (Å²) in [6, 6.07) is 9.66. The summed E-state index contributed by atoms with van der Waals surface area (Å²) in [5, 5.41) is 1.02. The molecule has 2 nitrogen and oxygen atoms in total. The second-order valence-electron chi connectivity index (χ2n) is 5.11. The second kappa shape index (κ2) is 7.13. The molecule has 102 valence electrons. The number of unbranched alkanes of at least 4 members (excludes halogenated alkanes) is 5. The zero-order valence-electron chi connectivity index (χ0n) is 11.7. The van der Waals surface area contributed by atoms with E-state index < -0.39 is 0 Å². The number of rotatable bonds is 7. The summed E-state index contributed by atoms with van der Waals surface area (Å²) in [6.07, 6.45) is 8.28. The van der Waals surface area contributed by atoms with E-state index in [1.807, 2.05) is 30.3 Å². The maximum absolute atomic E-state index is 11.8. The average Bonchev–Trinajstić information content (AvgIpc) is 2.43. The zero-order chi connectivity index (χ0) is 13.5. The normalized spacial score (nSPS) is 11.0. The first-order valence-electron chi connectivity index (χ1n) is 7.33. The predicted molar refractivity (Wildman–Crippen MR) is 79.6 cm³/mol. The molecular formula is C17H22O2. The summed E-state index contributed by atoms with van der Waals surface area (Å²) in [6.45, 7) is 2.22. The Bertz CT molecular complexity index is 569. The molecule has 0 amide bonds. The van der Waals surface area contributed by atoms with Gasteiger partial charge < -0.3 is 4.42 Å². The van der Waals surface area contributed by atoms with Gasteiger partial charge in [-0.3, -0.25) is 0 Å². The highest BCUT2D eigenvalue weighted by atomic mass is 16.4. The van der Waals surface area contributed by atoms with Gasteiger partial charge in [0.2, 0.25) is 0 Å². The number of fused-ring (bicyclic) bond motifs is 1. The highest BCUT2D eigenvalue weighted by Gasteiger charge is 2.04. The zero-order valence-corrected chi connectivity index (χ0v) is 11.7. The van der Waals surface area contributed by atoms with Gasteiger partial charge in [0.25, 0.3) is 0 Å². The molecule has 0 atom stereocenters. The Morgan fingerprint density at radius 2 is 1.74 bits per heavy atom. The minimum atomic E-state index is -0.174. The Morgan fingerprint density at radius 1 is 1.00 bits per heavy atom. The van der Waals surface area contributed by atoms with Crippen LogP contribution in [0.3, 0.4) is 0 Å². The third-order valence-electron chi connectivity index (χ3n) is 3.51. The van der Waals surface area contributed by atoms with Gasteiger partial charge in [-0.15, -0.1) is 0 Å². The summed E-state index contributed by atoms with van der Waals surface area (Å²) in [4.78, 5) is 11.8. The average molecular weight is 258 g/mol. The number of para-hydroxylation sites is 1. The molecule has 0 N–H and O–H groups in total. The van der Waals surface area contributed by atoms with Crippen LogP contribution in [0.25, 0.3) is 11.0 Å². The van der Waals surface area contributed by atoms with Gasteiger partial charge in [0.15, 0.2) is 0 Å². The van der Waals surface area contributed by atoms with E-state index >= 15 is 0 Å². The van der Waals surface area contributed by atoms with Crippen LogP contribution in [0, 0.1) is 0 Å². The van der Waals surface area contributed by atoms with E-state index in [0.717, 1.165) is 23.8 Å². The third-order valence-corrected chi connectivity index (χ3v) is 3.51. The van der Waals surface area contributed by atoms with Crippen LogP contribution in [0.1, 0.15) is 51.0 Å². The summed E-state index contributed by atoms with van der Waals surface area (Å²) in [5.74, 6) is 0. The molecule has 0 saturated carbocycles. The van der Waals surface area contributed by atoms with E-state index in [0.29, 0.717) is 5.58 Å². The van der Waals surface area contributed by atoms with Crippen LogP contribution in [-0.4, -0.2) is 0 Å². The van der Waals surface area contributed by atoms with Gasteiger partial charge in [0.1, 0.15) is 5.58 Å². The molecule has 1 heterocycles. The number of aryl methyl sites for hydroxylation is 1. The van der Waals surface area contributed by atoms with Gasteiger partial charge in [-0.2, -0.15) is 0 Å². The molecule has 19 heavy (non-hydrogen) atoms. The first-order chi connectivity index (χ1) is 9.31. The second-order valence-corrected chi connectivity index (χ2v) is 5.11. The quantitative estimate of drug-likeness (QED) is 0.532. The van der Waals surface area contributed by atoms with Gasteiger partial charge >= 0.3 is 5.63 Å². The highest BCUT2D eigenvalue weighted by Crippen LogP contribution is 2.14. The molecule has 1 aromatic heterocycles. The molecule has 0 radical (unpaired) electrons. The summed E-state index contributed by atoms with van der Waals surface area (Å²) in [5.41, 5.74) is 1.32. The molecule has 2 aromatic rings. The lowest BCUT2D eigenvalue weighted by molar-refractivity contribution is 0.542. The third kappa shape index (κ3) is 3.95. The van der Waals surface area contributed by atoms with E-state index in [9.17, 15) is 4.79 Å². The molecular weight excluding hydrogens is 236 g/mol. The molecule has 0 aliphatic carbocycles. The minimum absolute atomic E-state index is 0.174. The fraction of sp³-hybridized carbons (Fsp3) is 0.471. The van der Waals surface area contributed by atoms with E-state index in [4.69, 9.17) is 4.42 Å². The Balaban J connectivity index is 1.93. The van der Waals surface area contributed by atoms with E-state index in [2.05, 4.69) is 6.92 Å². The summed E-state index contributed by atoms with van der Waals surface area (Å²) >= 11 is 0. The molecule has 0 saturated heterocycles. The van der Waals surface area contributed by atoms with E-state index in [-0.39, 0.29) is 5.63 Å². The van der Waals surface area contributed by atoms with Crippen molar-refractivity contribution in [2.75, 3.05) is 0 Å². The van der Waals surface area contributed by atoms with Crippen molar-refractivity contribution in [1.82, 2.24) is 0 Å². The van der Waals surface area contributed by atoms with Gasteiger partial charge in [-0.25, -0.2) is 4.79 Å². The number of hydrogen-bond acceptors (Lipinski definition) is 2. The fourth-order valence-corrected chi connectivity index (χ4v) is 2.37. The van der Waals surface area contributed by atoms with Crippen molar-refractivity contribution in [3.8, 4) is 0 Å². The Labute approximate surface area is 114 Å². The Morgan fingerprint density at radius 3 is 2.58 bits per heavy atom. The van der Waals surface area contributed by atoms with Crippen molar-refractivity contribution in [2.45, 2.75) is 51.9 Å². The van der Waals surface area contributed by atoms with Crippen LogP contribution < -0.4 is 5.63 Å². The van der Waals surface area contributed by atoms with Crippen molar-refractivity contribution < 1.29 is 4.42 Å². The van der Waals surface area contributed by atoms with Crippen molar-refractivity contribution >= 4 is 11.0 Å². The van der Waals surface area contributed by atoms with Gasteiger partial charge in [0.05, 0.1) is 0 Å². The lowest BCUT2D eigenvalue weighted by Gasteiger charge is -2.02. The van der Waals surface area contributed by atoms with Gasteiger partial charge in [0, 0.05) is 10.9 Å². The van der Waals surface area contributed by atoms with Crippen LogP contribution in [0.5, 0.6) is 0 Å². The van der Waals surface area contributed by atoms with Crippen LogP contribution in [-0.2, 0) is 6.42 Å².